The van der Waals surface area contributed by atoms with Crippen LogP contribution in [0.5, 0.6) is 5.75 Å². The number of anilines is 1. The van der Waals surface area contributed by atoms with Gasteiger partial charge in [-0.15, -0.1) is 0 Å². The molecule has 1 unspecified atom stereocenters. The van der Waals surface area contributed by atoms with E-state index in [2.05, 4.69) is 10.6 Å². The lowest BCUT2D eigenvalue weighted by Gasteiger charge is -2.14. The predicted molar refractivity (Wildman–Crippen MR) is 96.5 cm³/mol. The standard InChI is InChI=1S/C17H25N3O6/c1-3-5-6-9-18-14(17(22)23)11-16(21)19-13-8-7-12(26-4-2)10-15(13)20(24)25/h7-8,10,14,18H,3-6,9,11H2,1-2H3,(H,19,21)(H,22,23). The maximum atomic E-state index is 12.1. The van der Waals surface area contributed by atoms with Crippen molar-refractivity contribution in [2.45, 2.75) is 45.6 Å². The fraction of sp³-hybridized carbons (Fsp3) is 0.529. The zero-order valence-electron chi connectivity index (χ0n) is 15.0. The number of nitrogens with zero attached hydrogens (tertiary/aromatic N) is 1. The number of carbonyl (C=O) groups is 2. The number of ether oxygens (including phenoxy) is 1. The number of aliphatic carboxylic acids is 1. The Balaban J connectivity index is 2.75. The molecule has 0 heterocycles. The number of unbranched alkanes of at least 4 members (excludes halogenated alkanes) is 2. The molecule has 3 N–H and O–H groups in total. The van der Waals surface area contributed by atoms with E-state index in [0.717, 1.165) is 19.3 Å². The van der Waals surface area contributed by atoms with Crippen LogP contribution in [0.15, 0.2) is 18.2 Å². The molecule has 1 atom stereocenters. The average molecular weight is 367 g/mol. The molecule has 1 rings (SSSR count). The Labute approximate surface area is 151 Å². The van der Waals surface area contributed by atoms with Crippen LogP contribution in [-0.4, -0.2) is 41.1 Å². The lowest BCUT2D eigenvalue weighted by Crippen LogP contribution is -2.40. The molecule has 1 amide bonds. The minimum absolute atomic E-state index is 0.00132. The number of carbonyl (C=O) groups excluding carboxylic acids is 1. The molecule has 0 aliphatic heterocycles. The number of nitrogens with one attached hydrogen (secondary N) is 2. The van der Waals surface area contributed by atoms with Crippen LogP contribution < -0.4 is 15.4 Å². The van der Waals surface area contributed by atoms with Crippen molar-refractivity contribution in [3.8, 4) is 5.75 Å². The molecule has 0 radical (unpaired) electrons. The summed E-state index contributed by atoms with van der Waals surface area (Å²) in [6, 6.07) is 3.04. The van der Waals surface area contributed by atoms with Gasteiger partial charge in [-0.2, -0.15) is 0 Å². The van der Waals surface area contributed by atoms with Crippen molar-refractivity contribution in [3.05, 3.63) is 28.3 Å². The number of amides is 1. The lowest BCUT2D eigenvalue weighted by atomic mass is 10.1. The number of nitro groups is 1. The van der Waals surface area contributed by atoms with Gasteiger partial charge in [0.25, 0.3) is 5.69 Å². The third-order valence-corrected chi connectivity index (χ3v) is 3.61. The van der Waals surface area contributed by atoms with Gasteiger partial charge in [0.05, 0.1) is 24.0 Å². The van der Waals surface area contributed by atoms with Crippen LogP contribution in [0.4, 0.5) is 11.4 Å². The number of benzene rings is 1. The van der Waals surface area contributed by atoms with E-state index in [1.165, 1.54) is 18.2 Å². The zero-order chi connectivity index (χ0) is 19.5. The Morgan fingerprint density at radius 1 is 1.31 bits per heavy atom. The number of rotatable bonds is 12. The van der Waals surface area contributed by atoms with Crippen LogP contribution in [0.2, 0.25) is 0 Å². The molecule has 9 heteroatoms. The van der Waals surface area contributed by atoms with Crippen molar-refractivity contribution >= 4 is 23.3 Å². The van der Waals surface area contributed by atoms with Crippen molar-refractivity contribution in [1.82, 2.24) is 5.32 Å². The number of hydrogen-bond acceptors (Lipinski definition) is 6. The summed E-state index contributed by atoms with van der Waals surface area (Å²) in [6.07, 6.45) is 2.45. The third-order valence-electron chi connectivity index (χ3n) is 3.61. The van der Waals surface area contributed by atoms with Crippen molar-refractivity contribution in [2.75, 3.05) is 18.5 Å². The Kier molecular flexibility index (Phi) is 9.07. The molecule has 0 aromatic heterocycles. The Bertz CT molecular complexity index is 635. The molecular weight excluding hydrogens is 342 g/mol. The highest BCUT2D eigenvalue weighted by Crippen LogP contribution is 2.29. The van der Waals surface area contributed by atoms with E-state index in [0.29, 0.717) is 18.9 Å². The topological polar surface area (TPSA) is 131 Å². The maximum Gasteiger partial charge on any atom is 0.321 e. The average Bonchev–Trinajstić information content (AvgIpc) is 2.58. The van der Waals surface area contributed by atoms with Gasteiger partial charge in [-0.3, -0.25) is 19.7 Å². The first-order valence-electron chi connectivity index (χ1n) is 8.56. The first-order valence-corrected chi connectivity index (χ1v) is 8.56. The van der Waals surface area contributed by atoms with Crippen molar-refractivity contribution < 1.29 is 24.4 Å². The molecule has 0 saturated carbocycles. The van der Waals surface area contributed by atoms with Crippen LogP contribution >= 0.6 is 0 Å². The fourth-order valence-electron chi connectivity index (χ4n) is 2.31. The van der Waals surface area contributed by atoms with Gasteiger partial charge in [-0.25, -0.2) is 0 Å². The minimum atomic E-state index is -1.14. The summed E-state index contributed by atoms with van der Waals surface area (Å²) in [5.74, 6) is -1.44. The highest BCUT2D eigenvalue weighted by atomic mass is 16.6. The highest BCUT2D eigenvalue weighted by molar-refractivity contribution is 5.95. The van der Waals surface area contributed by atoms with Gasteiger partial charge in [0.1, 0.15) is 17.5 Å². The van der Waals surface area contributed by atoms with Gasteiger partial charge in [0.2, 0.25) is 5.91 Å². The Hall–Kier alpha value is -2.68. The summed E-state index contributed by atoms with van der Waals surface area (Å²) in [7, 11) is 0. The van der Waals surface area contributed by atoms with E-state index in [-0.39, 0.29) is 17.8 Å². The molecule has 0 spiro atoms. The molecule has 0 fully saturated rings. The molecule has 1 aromatic carbocycles. The number of carboxylic acids is 1. The maximum absolute atomic E-state index is 12.1. The Morgan fingerprint density at radius 2 is 2.04 bits per heavy atom. The number of carboxylic acid groups (broad SMARTS) is 1. The first-order chi connectivity index (χ1) is 12.4. The van der Waals surface area contributed by atoms with Crippen molar-refractivity contribution in [1.29, 1.82) is 0 Å². The van der Waals surface area contributed by atoms with Crippen molar-refractivity contribution in [3.63, 3.8) is 0 Å². The third kappa shape index (κ3) is 7.06. The van der Waals surface area contributed by atoms with E-state index in [4.69, 9.17) is 4.74 Å². The normalized spacial score (nSPS) is 11.6. The van der Waals surface area contributed by atoms with E-state index < -0.39 is 22.8 Å². The molecule has 1 aromatic rings. The van der Waals surface area contributed by atoms with Gasteiger partial charge in [-0.05, 0) is 32.0 Å². The van der Waals surface area contributed by atoms with Gasteiger partial charge >= 0.3 is 5.97 Å². The second-order valence-corrected chi connectivity index (χ2v) is 5.67. The molecule has 0 bridgehead atoms. The fourth-order valence-corrected chi connectivity index (χ4v) is 2.31. The molecule has 144 valence electrons. The van der Waals surface area contributed by atoms with Crippen LogP contribution in [0.3, 0.4) is 0 Å². The molecule has 0 aliphatic rings. The van der Waals surface area contributed by atoms with E-state index in [1.54, 1.807) is 6.92 Å². The molecule has 0 saturated heterocycles. The van der Waals surface area contributed by atoms with Gasteiger partial charge in [0, 0.05) is 0 Å². The first kappa shape index (κ1) is 21.4. The van der Waals surface area contributed by atoms with Gasteiger partial charge in [-0.1, -0.05) is 19.8 Å². The summed E-state index contributed by atoms with van der Waals surface area (Å²) in [6.45, 7) is 4.63. The van der Waals surface area contributed by atoms with E-state index >= 15 is 0 Å². The summed E-state index contributed by atoms with van der Waals surface area (Å²) in [4.78, 5) is 34.0. The van der Waals surface area contributed by atoms with E-state index in [1.807, 2.05) is 6.92 Å². The predicted octanol–water partition coefficient (Wildman–Crippen LogP) is 2.56. The summed E-state index contributed by atoms with van der Waals surface area (Å²) >= 11 is 0. The number of hydrogen-bond donors (Lipinski definition) is 3. The van der Waals surface area contributed by atoms with Crippen LogP contribution in [-0.2, 0) is 9.59 Å². The smallest absolute Gasteiger partial charge is 0.321 e. The Morgan fingerprint density at radius 3 is 2.62 bits per heavy atom. The van der Waals surface area contributed by atoms with Crippen molar-refractivity contribution in [2.24, 2.45) is 0 Å². The van der Waals surface area contributed by atoms with Gasteiger partial charge in [0.15, 0.2) is 0 Å². The van der Waals surface area contributed by atoms with Crippen LogP contribution in [0.1, 0.15) is 39.5 Å². The summed E-state index contributed by atoms with van der Waals surface area (Å²) in [5.41, 5.74) is -0.314. The second kappa shape index (κ2) is 11.0. The minimum Gasteiger partial charge on any atom is -0.494 e. The molecule has 0 aliphatic carbocycles. The molecule has 9 nitrogen and oxygen atoms in total. The summed E-state index contributed by atoms with van der Waals surface area (Å²) in [5, 5.41) is 25.6. The zero-order valence-corrected chi connectivity index (χ0v) is 15.0. The molecular formula is C17H25N3O6. The van der Waals surface area contributed by atoms with Crippen LogP contribution in [0, 0.1) is 10.1 Å². The quantitative estimate of drug-likeness (QED) is 0.294. The highest BCUT2D eigenvalue weighted by Gasteiger charge is 2.23. The van der Waals surface area contributed by atoms with E-state index in [9.17, 15) is 24.8 Å². The second-order valence-electron chi connectivity index (χ2n) is 5.67. The lowest BCUT2D eigenvalue weighted by molar-refractivity contribution is -0.384. The summed E-state index contributed by atoms with van der Waals surface area (Å²) < 4.78 is 5.21. The van der Waals surface area contributed by atoms with Gasteiger partial charge < -0.3 is 20.5 Å². The number of nitro benzene ring substituents is 1. The SMILES string of the molecule is CCCCCNC(CC(=O)Nc1ccc(OCC)cc1[N+](=O)[O-])C(=O)O. The largest absolute Gasteiger partial charge is 0.494 e. The monoisotopic (exact) mass is 367 g/mol. The van der Waals surface area contributed by atoms with Crippen LogP contribution in [0.25, 0.3) is 0 Å². The molecule has 26 heavy (non-hydrogen) atoms.